The quantitative estimate of drug-likeness (QED) is 0.662. The molecule has 0 spiro atoms. The molecule has 0 fully saturated rings. The van der Waals surface area contributed by atoms with Crippen molar-refractivity contribution in [2.45, 2.75) is 23.7 Å². The van der Waals surface area contributed by atoms with Crippen LogP contribution in [0.15, 0.2) is 59.0 Å². The normalized spacial score (nSPS) is 10.3. The molecule has 118 valence electrons. The summed E-state index contributed by atoms with van der Waals surface area (Å²) < 4.78 is 1.97. The lowest BCUT2D eigenvalue weighted by molar-refractivity contribution is 0.705. The van der Waals surface area contributed by atoms with Gasteiger partial charge in [0.05, 0.1) is 0 Å². The molecule has 0 aliphatic rings. The van der Waals surface area contributed by atoms with Crippen molar-refractivity contribution in [2.24, 2.45) is 0 Å². The highest BCUT2D eigenvalue weighted by Crippen LogP contribution is 2.28. The number of allylic oxidation sites excluding steroid dienone is 1. The first kappa shape index (κ1) is 15.8. The lowest BCUT2D eigenvalue weighted by atomic mass is 10.2. The van der Waals surface area contributed by atoms with Crippen molar-refractivity contribution < 1.29 is 0 Å². The summed E-state index contributed by atoms with van der Waals surface area (Å²) in [6.45, 7) is 6.52. The zero-order chi connectivity index (χ0) is 16.9. The fourth-order valence-corrected chi connectivity index (χ4v) is 2.77. The Bertz CT molecular complexity index is 894. The van der Waals surface area contributed by atoms with Gasteiger partial charge in [0.1, 0.15) is 11.1 Å². The van der Waals surface area contributed by atoms with Crippen LogP contribution in [-0.4, -0.2) is 29.9 Å². The van der Waals surface area contributed by atoms with Crippen molar-refractivity contribution in [1.29, 1.82) is 5.26 Å². The number of aromatic nitrogens is 6. The molecule has 24 heavy (non-hydrogen) atoms. The van der Waals surface area contributed by atoms with Crippen LogP contribution >= 0.6 is 11.8 Å². The molecular weight excluding hydrogens is 322 g/mol. The van der Waals surface area contributed by atoms with E-state index in [1.807, 2.05) is 29.7 Å². The highest BCUT2D eigenvalue weighted by Gasteiger charge is 2.15. The molecule has 0 bridgehead atoms. The van der Waals surface area contributed by atoms with Crippen LogP contribution in [0.4, 0.5) is 0 Å². The molecule has 0 atom stereocenters. The van der Waals surface area contributed by atoms with E-state index in [0.717, 1.165) is 17.0 Å². The smallest absolute Gasteiger partial charge is 0.198 e. The van der Waals surface area contributed by atoms with E-state index in [1.54, 1.807) is 24.5 Å². The van der Waals surface area contributed by atoms with Gasteiger partial charge in [0.2, 0.25) is 0 Å². The largest absolute Gasteiger partial charge is 0.298 e. The Balaban J connectivity index is 1.96. The van der Waals surface area contributed by atoms with E-state index in [-0.39, 0.29) is 5.69 Å². The van der Waals surface area contributed by atoms with E-state index >= 15 is 0 Å². The molecule has 0 unspecified atom stereocenters. The van der Waals surface area contributed by atoms with Gasteiger partial charge in [-0.3, -0.25) is 9.55 Å². The topological polar surface area (TPSA) is 93.2 Å². The SMILES string of the molecule is C=C(C)Cn1c(Sc2ccc(C#N)nn2)nnc1-c1ccncc1. The minimum Gasteiger partial charge on any atom is -0.298 e. The minimum atomic E-state index is 0.278. The van der Waals surface area contributed by atoms with E-state index in [4.69, 9.17) is 5.26 Å². The third-order valence-corrected chi connectivity index (χ3v) is 3.95. The second-order valence-electron chi connectivity index (χ2n) is 5.06. The Morgan fingerprint density at radius 1 is 1.17 bits per heavy atom. The van der Waals surface area contributed by atoms with Crippen molar-refractivity contribution in [3.63, 3.8) is 0 Å². The summed E-state index contributed by atoms with van der Waals surface area (Å²) in [4.78, 5) is 4.03. The highest BCUT2D eigenvalue weighted by atomic mass is 32.2. The molecule has 0 aliphatic carbocycles. The van der Waals surface area contributed by atoms with Crippen LogP contribution < -0.4 is 0 Å². The number of pyridine rings is 1. The summed E-state index contributed by atoms with van der Waals surface area (Å²) in [6, 6.07) is 9.08. The van der Waals surface area contributed by atoms with Crippen molar-refractivity contribution >= 4 is 11.8 Å². The molecule has 0 saturated heterocycles. The van der Waals surface area contributed by atoms with Crippen LogP contribution in [0.2, 0.25) is 0 Å². The van der Waals surface area contributed by atoms with Gasteiger partial charge >= 0.3 is 0 Å². The van der Waals surface area contributed by atoms with Gasteiger partial charge in [-0.1, -0.05) is 12.2 Å². The van der Waals surface area contributed by atoms with Gasteiger partial charge in [0.25, 0.3) is 0 Å². The van der Waals surface area contributed by atoms with Gasteiger partial charge in [0.15, 0.2) is 16.7 Å². The second-order valence-corrected chi connectivity index (χ2v) is 6.04. The van der Waals surface area contributed by atoms with Crippen molar-refractivity contribution in [3.05, 3.63) is 54.5 Å². The molecule has 8 heteroatoms. The van der Waals surface area contributed by atoms with Crippen molar-refractivity contribution in [1.82, 2.24) is 29.9 Å². The Morgan fingerprint density at radius 2 is 1.96 bits per heavy atom. The Hall–Kier alpha value is -3.05. The van der Waals surface area contributed by atoms with Crippen LogP contribution in [0.1, 0.15) is 12.6 Å². The number of rotatable bonds is 5. The lowest BCUT2D eigenvalue weighted by Gasteiger charge is -2.09. The summed E-state index contributed by atoms with van der Waals surface area (Å²) >= 11 is 1.34. The van der Waals surface area contributed by atoms with Crippen LogP contribution in [0.3, 0.4) is 0 Å². The molecule has 0 N–H and O–H groups in total. The average molecular weight is 335 g/mol. The van der Waals surface area contributed by atoms with Crippen molar-refractivity contribution in [3.8, 4) is 17.5 Å². The zero-order valence-corrected chi connectivity index (χ0v) is 13.7. The fourth-order valence-electron chi connectivity index (χ4n) is 2.02. The molecule has 0 saturated carbocycles. The maximum Gasteiger partial charge on any atom is 0.198 e. The number of nitriles is 1. The monoisotopic (exact) mass is 335 g/mol. The fraction of sp³-hybridized carbons (Fsp3) is 0.125. The number of nitrogens with zero attached hydrogens (tertiary/aromatic N) is 7. The van der Waals surface area contributed by atoms with Gasteiger partial charge < -0.3 is 0 Å². The summed E-state index contributed by atoms with van der Waals surface area (Å²) in [6.07, 6.45) is 3.43. The third kappa shape index (κ3) is 3.47. The van der Waals surface area contributed by atoms with Gasteiger partial charge in [-0.2, -0.15) is 5.26 Å². The zero-order valence-electron chi connectivity index (χ0n) is 12.9. The Kier molecular flexibility index (Phi) is 4.63. The Morgan fingerprint density at radius 3 is 2.58 bits per heavy atom. The minimum absolute atomic E-state index is 0.278. The summed E-state index contributed by atoms with van der Waals surface area (Å²) in [5, 5.41) is 26.5. The third-order valence-electron chi connectivity index (χ3n) is 3.03. The van der Waals surface area contributed by atoms with E-state index in [0.29, 0.717) is 16.7 Å². The van der Waals surface area contributed by atoms with E-state index in [2.05, 4.69) is 32.0 Å². The molecular formula is C16H13N7S. The maximum absolute atomic E-state index is 8.79. The molecule has 0 amide bonds. The van der Waals surface area contributed by atoms with E-state index < -0.39 is 0 Å². The Labute approximate surface area is 143 Å². The number of hydrogen-bond acceptors (Lipinski definition) is 7. The maximum atomic E-state index is 8.79. The standard InChI is InChI=1S/C16H13N7S/c1-11(2)10-23-15(12-5-7-18-8-6-12)21-22-16(23)24-14-4-3-13(9-17)19-20-14/h3-8H,1,10H2,2H3. The van der Waals surface area contributed by atoms with Crippen LogP contribution in [-0.2, 0) is 6.54 Å². The molecule has 3 heterocycles. The van der Waals surface area contributed by atoms with E-state index in [9.17, 15) is 0 Å². The first-order valence-corrected chi connectivity index (χ1v) is 7.88. The van der Waals surface area contributed by atoms with Crippen LogP contribution in [0.5, 0.6) is 0 Å². The average Bonchev–Trinajstić information content (AvgIpc) is 2.98. The predicted molar refractivity (Wildman–Crippen MR) is 88.9 cm³/mol. The molecule has 0 radical (unpaired) electrons. The highest BCUT2D eigenvalue weighted by molar-refractivity contribution is 7.99. The molecule has 0 aromatic carbocycles. The first-order valence-electron chi connectivity index (χ1n) is 7.07. The summed E-state index contributed by atoms with van der Waals surface area (Å²) in [5.74, 6) is 0.740. The lowest BCUT2D eigenvalue weighted by Crippen LogP contribution is -2.03. The van der Waals surface area contributed by atoms with Crippen LogP contribution in [0, 0.1) is 11.3 Å². The molecule has 7 nitrogen and oxygen atoms in total. The van der Waals surface area contributed by atoms with E-state index in [1.165, 1.54) is 11.8 Å². The summed E-state index contributed by atoms with van der Waals surface area (Å²) in [7, 11) is 0. The van der Waals surface area contributed by atoms with Gasteiger partial charge in [0, 0.05) is 24.5 Å². The van der Waals surface area contributed by atoms with Gasteiger partial charge in [-0.25, -0.2) is 0 Å². The van der Waals surface area contributed by atoms with Gasteiger partial charge in [-0.05, 0) is 43.0 Å². The second kappa shape index (κ2) is 7.02. The predicted octanol–water partition coefficient (Wildman–Crippen LogP) is 2.73. The number of hydrogen-bond donors (Lipinski definition) is 0. The molecule has 3 rings (SSSR count). The van der Waals surface area contributed by atoms with Crippen LogP contribution in [0.25, 0.3) is 11.4 Å². The molecule has 3 aromatic rings. The first-order chi connectivity index (χ1) is 11.7. The van der Waals surface area contributed by atoms with Crippen molar-refractivity contribution in [2.75, 3.05) is 0 Å². The molecule has 0 aliphatic heterocycles. The summed E-state index contributed by atoms with van der Waals surface area (Å²) in [5.41, 5.74) is 2.19. The molecule has 3 aromatic heterocycles. The van der Waals surface area contributed by atoms with Gasteiger partial charge in [-0.15, -0.1) is 20.4 Å².